The molecule has 0 aliphatic rings. The average Bonchev–Trinajstić information content (AvgIpc) is 3.10. The Morgan fingerprint density at radius 3 is 2.64 bits per heavy atom. The number of nitrogens with zero attached hydrogens (tertiary/aromatic N) is 5. The molecule has 22 heavy (non-hydrogen) atoms. The van der Waals surface area contributed by atoms with Crippen LogP contribution < -0.4 is 0 Å². The smallest absolute Gasteiger partial charge is 0.241 e. The number of hydrogen-bond donors (Lipinski definition) is 0. The van der Waals surface area contributed by atoms with Gasteiger partial charge in [0.25, 0.3) is 0 Å². The van der Waals surface area contributed by atoms with Crippen LogP contribution in [0.15, 0.2) is 33.4 Å². The zero-order valence-corrected chi connectivity index (χ0v) is 12.8. The second-order valence-corrected chi connectivity index (χ2v) is 5.20. The van der Waals surface area contributed by atoms with Crippen LogP contribution in [-0.2, 0) is 13.1 Å². The summed E-state index contributed by atoms with van der Waals surface area (Å²) in [5.74, 6) is 1.89. The van der Waals surface area contributed by atoms with Crippen molar-refractivity contribution in [2.24, 2.45) is 0 Å². The van der Waals surface area contributed by atoms with Crippen LogP contribution in [0.5, 0.6) is 0 Å². The van der Waals surface area contributed by atoms with E-state index in [0.717, 1.165) is 17.0 Å². The zero-order valence-electron chi connectivity index (χ0n) is 12.8. The van der Waals surface area contributed by atoms with E-state index in [9.17, 15) is 0 Å². The molecule has 0 amide bonds. The summed E-state index contributed by atoms with van der Waals surface area (Å²) in [6, 6.07) is 5.59. The first-order valence-corrected chi connectivity index (χ1v) is 6.98. The molecule has 0 bridgehead atoms. The van der Waals surface area contributed by atoms with Gasteiger partial charge in [-0.2, -0.15) is 4.98 Å². The lowest BCUT2D eigenvalue weighted by Gasteiger charge is -2.13. The van der Waals surface area contributed by atoms with Gasteiger partial charge in [-0.25, -0.2) is 0 Å². The van der Waals surface area contributed by atoms with Gasteiger partial charge in [0.1, 0.15) is 11.5 Å². The zero-order chi connectivity index (χ0) is 15.5. The quantitative estimate of drug-likeness (QED) is 0.715. The minimum atomic E-state index is 0.501. The van der Waals surface area contributed by atoms with Crippen LogP contribution in [0.2, 0.25) is 0 Å². The molecular formula is C15H17N5O2. The Morgan fingerprint density at radius 1 is 1.09 bits per heavy atom. The molecule has 114 valence electrons. The summed E-state index contributed by atoms with van der Waals surface area (Å²) >= 11 is 0. The number of rotatable bonds is 5. The average molecular weight is 299 g/mol. The third-order valence-corrected chi connectivity index (χ3v) is 3.38. The molecule has 3 rings (SSSR count). The molecule has 0 saturated carbocycles. The van der Waals surface area contributed by atoms with Gasteiger partial charge >= 0.3 is 0 Å². The Kier molecular flexibility index (Phi) is 3.97. The molecular weight excluding hydrogens is 282 g/mol. The van der Waals surface area contributed by atoms with E-state index in [1.54, 1.807) is 6.20 Å². The van der Waals surface area contributed by atoms with Gasteiger partial charge in [0.05, 0.1) is 12.2 Å². The van der Waals surface area contributed by atoms with E-state index in [1.807, 2.05) is 39.1 Å². The fraction of sp³-hybridized carbons (Fsp3) is 0.333. The van der Waals surface area contributed by atoms with Crippen molar-refractivity contribution in [1.29, 1.82) is 0 Å². The highest BCUT2D eigenvalue weighted by Gasteiger charge is 2.15. The molecule has 0 N–H and O–H groups in total. The fourth-order valence-corrected chi connectivity index (χ4v) is 2.20. The maximum Gasteiger partial charge on any atom is 0.241 e. The van der Waals surface area contributed by atoms with Crippen molar-refractivity contribution in [1.82, 2.24) is 25.2 Å². The highest BCUT2D eigenvalue weighted by molar-refractivity contribution is 5.46. The molecule has 7 heteroatoms. The first kappa shape index (κ1) is 14.4. The molecule has 0 radical (unpaired) electrons. The van der Waals surface area contributed by atoms with Gasteiger partial charge < -0.3 is 9.05 Å². The van der Waals surface area contributed by atoms with E-state index < -0.39 is 0 Å². The second-order valence-electron chi connectivity index (χ2n) is 5.20. The van der Waals surface area contributed by atoms with Crippen molar-refractivity contribution in [2.45, 2.75) is 26.9 Å². The van der Waals surface area contributed by atoms with Gasteiger partial charge in [0.2, 0.25) is 11.7 Å². The topological polar surface area (TPSA) is 81.1 Å². The molecule has 3 heterocycles. The van der Waals surface area contributed by atoms with E-state index in [0.29, 0.717) is 30.5 Å². The molecule has 0 fully saturated rings. The van der Waals surface area contributed by atoms with Gasteiger partial charge in [-0.15, -0.1) is 0 Å². The lowest BCUT2D eigenvalue weighted by Crippen LogP contribution is -2.18. The normalized spacial score (nSPS) is 11.3. The SMILES string of the molecule is Cc1noc(C)c1CN(C)Cc1nc(-c2ccccn2)no1. The summed E-state index contributed by atoms with van der Waals surface area (Å²) < 4.78 is 10.5. The molecule has 0 atom stereocenters. The monoisotopic (exact) mass is 299 g/mol. The Morgan fingerprint density at radius 2 is 1.95 bits per heavy atom. The van der Waals surface area contributed by atoms with Crippen molar-refractivity contribution >= 4 is 0 Å². The fourth-order valence-electron chi connectivity index (χ4n) is 2.20. The Labute approximate surface area is 128 Å². The van der Waals surface area contributed by atoms with E-state index in [1.165, 1.54) is 0 Å². The van der Waals surface area contributed by atoms with Crippen molar-refractivity contribution in [3.8, 4) is 11.5 Å². The summed E-state index contributed by atoms with van der Waals surface area (Å²) in [5, 5.41) is 7.92. The van der Waals surface area contributed by atoms with Crippen molar-refractivity contribution in [2.75, 3.05) is 7.05 Å². The van der Waals surface area contributed by atoms with Crippen LogP contribution >= 0.6 is 0 Å². The van der Waals surface area contributed by atoms with Crippen LogP contribution in [0.4, 0.5) is 0 Å². The van der Waals surface area contributed by atoms with Gasteiger partial charge in [0.15, 0.2) is 0 Å². The van der Waals surface area contributed by atoms with Crippen LogP contribution in [-0.4, -0.2) is 32.2 Å². The van der Waals surface area contributed by atoms with Gasteiger partial charge in [-0.05, 0) is 33.0 Å². The van der Waals surface area contributed by atoms with E-state index in [-0.39, 0.29) is 0 Å². The summed E-state index contributed by atoms with van der Waals surface area (Å²) in [4.78, 5) is 10.7. The molecule has 7 nitrogen and oxygen atoms in total. The minimum Gasteiger partial charge on any atom is -0.361 e. The lowest BCUT2D eigenvalue weighted by atomic mass is 10.2. The van der Waals surface area contributed by atoms with Crippen molar-refractivity contribution in [3.05, 3.63) is 47.3 Å². The van der Waals surface area contributed by atoms with Gasteiger partial charge in [-0.1, -0.05) is 16.4 Å². The van der Waals surface area contributed by atoms with Crippen molar-refractivity contribution < 1.29 is 9.05 Å². The van der Waals surface area contributed by atoms with E-state index in [2.05, 4.69) is 25.2 Å². The predicted molar refractivity (Wildman–Crippen MR) is 78.7 cm³/mol. The molecule has 3 aromatic heterocycles. The summed E-state index contributed by atoms with van der Waals surface area (Å²) in [7, 11) is 1.98. The summed E-state index contributed by atoms with van der Waals surface area (Å²) in [5.41, 5.74) is 2.70. The third-order valence-electron chi connectivity index (χ3n) is 3.38. The van der Waals surface area contributed by atoms with E-state index >= 15 is 0 Å². The van der Waals surface area contributed by atoms with Gasteiger partial charge in [0, 0.05) is 18.3 Å². The standard InChI is InChI=1S/C15H17N5O2/c1-10-12(11(2)21-18-10)8-20(3)9-14-17-15(19-22-14)13-6-4-5-7-16-13/h4-7H,8-9H2,1-3H3. The summed E-state index contributed by atoms with van der Waals surface area (Å²) in [6.45, 7) is 5.10. The van der Waals surface area contributed by atoms with Gasteiger partial charge in [-0.3, -0.25) is 9.88 Å². The Balaban J connectivity index is 1.68. The van der Waals surface area contributed by atoms with Crippen LogP contribution in [0.25, 0.3) is 11.5 Å². The molecule has 3 aromatic rings. The molecule has 0 aliphatic heterocycles. The number of pyridine rings is 1. The predicted octanol–water partition coefficient (Wildman–Crippen LogP) is 2.37. The molecule has 0 spiro atoms. The second kappa shape index (κ2) is 6.07. The molecule has 0 aliphatic carbocycles. The molecule has 0 unspecified atom stereocenters. The van der Waals surface area contributed by atoms with E-state index in [4.69, 9.17) is 9.05 Å². The number of hydrogen-bond acceptors (Lipinski definition) is 7. The van der Waals surface area contributed by atoms with Crippen LogP contribution in [0.1, 0.15) is 22.9 Å². The first-order valence-electron chi connectivity index (χ1n) is 6.98. The Bertz CT molecular complexity index is 731. The maximum atomic E-state index is 5.29. The van der Waals surface area contributed by atoms with Crippen molar-refractivity contribution in [3.63, 3.8) is 0 Å². The first-order chi connectivity index (χ1) is 10.6. The molecule has 0 saturated heterocycles. The highest BCUT2D eigenvalue weighted by Crippen LogP contribution is 2.16. The highest BCUT2D eigenvalue weighted by atomic mass is 16.5. The lowest BCUT2D eigenvalue weighted by molar-refractivity contribution is 0.259. The minimum absolute atomic E-state index is 0.501. The Hall–Kier alpha value is -2.54. The third kappa shape index (κ3) is 3.04. The van der Waals surface area contributed by atoms with Crippen LogP contribution in [0, 0.1) is 13.8 Å². The van der Waals surface area contributed by atoms with Crippen LogP contribution in [0.3, 0.4) is 0 Å². The summed E-state index contributed by atoms with van der Waals surface area (Å²) in [6.07, 6.45) is 1.70. The largest absolute Gasteiger partial charge is 0.361 e. The number of aromatic nitrogens is 4. The maximum absolute atomic E-state index is 5.29. The molecule has 0 aromatic carbocycles. The number of aryl methyl sites for hydroxylation is 2.